The van der Waals surface area contributed by atoms with Crippen molar-refractivity contribution in [1.82, 2.24) is 5.32 Å². The maximum Gasteiger partial charge on any atom is 0.303 e. The molecule has 0 aliphatic carbocycles. The number of halogens is 1. The summed E-state index contributed by atoms with van der Waals surface area (Å²) in [4.78, 5) is 32.9. The van der Waals surface area contributed by atoms with Gasteiger partial charge >= 0.3 is 5.97 Å². The van der Waals surface area contributed by atoms with E-state index in [0.29, 0.717) is 4.47 Å². The lowest BCUT2D eigenvalue weighted by atomic mass is 9.97. The number of carbonyl (C=O) groups excluding carboxylic acids is 1. The normalized spacial score (nSPS) is 11.0. The van der Waals surface area contributed by atoms with Crippen molar-refractivity contribution in [1.29, 1.82) is 0 Å². The van der Waals surface area contributed by atoms with E-state index in [9.17, 15) is 19.7 Å². The third-order valence-corrected chi connectivity index (χ3v) is 3.23. The number of carboxylic acid groups (broad SMARTS) is 1. The molecule has 0 radical (unpaired) electrons. The fraction of sp³-hybridized carbons (Fsp3) is 0.385. The lowest BCUT2D eigenvalue weighted by Crippen LogP contribution is -2.43. The molecule has 1 amide bonds. The molecule has 7 nitrogen and oxygen atoms in total. The Kier molecular flexibility index (Phi) is 5.42. The minimum atomic E-state index is -0.949. The van der Waals surface area contributed by atoms with Gasteiger partial charge in [-0.25, -0.2) is 0 Å². The van der Waals surface area contributed by atoms with Crippen molar-refractivity contribution < 1.29 is 19.6 Å². The summed E-state index contributed by atoms with van der Waals surface area (Å²) in [6.45, 7) is 3.39. The molecule has 0 heterocycles. The highest BCUT2D eigenvalue weighted by molar-refractivity contribution is 9.10. The summed E-state index contributed by atoms with van der Waals surface area (Å²) in [7, 11) is 0. The number of amides is 1. The summed E-state index contributed by atoms with van der Waals surface area (Å²) in [6.07, 6.45) is 0.177. The van der Waals surface area contributed by atoms with Gasteiger partial charge in [0.1, 0.15) is 0 Å². The van der Waals surface area contributed by atoms with Crippen molar-refractivity contribution in [3.8, 4) is 0 Å². The quantitative estimate of drug-likeness (QED) is 0.600. The summed E-state index contributed by atoms with van der Waals surface area (Å²) in [5.74, 6) is -1.44. The maximum atomic E-state index is 12.1. The van der Waals surface area contributed by atoms with Crippen molar-refractivity contribution in [2.45, 2.75) is 32.2 Å². The van der Waals surface area contributed by atoms with Gasteiger partial charge in [0, 0.05) is 34.1 Å². The second-order valence-corrected chi connectivity index (χ2v) is 6.10. The Bertz CT molecular complexity index is 586. The standard InChI is InChI=1S/C13H15BrN2O5/c1-13(2,4-3-11(17)18)15-12(19)8-5-9(14)7-10(6-8)16(20)21/h5-7H,3-4H2,1-2H3,(H,15,19)(H,17,18). The van der Waals surface area contributed by atoms with Crippen LogP contribution in [0.5, 0.6) is 0 Å². The number of nitro groups is 1. The Morgan fingerprint density at radius 1 is 1.38 bits per heavy atom. The van der Waals surface area contributed by atoms with Crippen LogP contribution in [0.1, 0.15) is 37.0 Å². The number of hydrogen-bond donors (Lipinski definition) is 2. The molecule has 0 bridgehead atoms. The van der Waals surface area contributed by atoms with Crippen LogP contribution < -0.4 is 5.32 Å². The zero-order valence-corrected chi connectivity index (χ0v) is 13.1. The lowest BCUT2D eigenvalue weighted by molar-refractivity contribution is -0.385. The summed E-state index contributed by atoms with van der Waals surface area (Å²) in [5.41, 5.74) is -0.788. The van der Waals surface area contributed by atoms with Gasteiger partial charge in [-0.15, -0.1) is 0 Å². The van der Waals surface area contributed by atoms with Crippen LogP contribution in [-0.2, 0) is 4.79 Å². The van der Waals surface area contributed by atoms with Gasteiger partial charge in [-0.3, -0.25) is 19.7 Å². The van der Waals surface area contributed by atoms with Gasteiger partial charge in [0.15, 0.2) is 0 Å². The Hall–Kier alpha value is -1.96. The molecule has 1 aromatic rings. The van der Waals surface area contributed by atoms with Gasteiger partial charge < -0.3 is 10.4 Å². The van der Waals surface area contributed by atoms with Crippen LogP contribution in [-0.4, -0.2) is 27.4 Å². The van der Waals surface area contributed by atoms with E-state index in [4.69, 9.17) is 5.11 Å². The number of benzene rings is 1. The molecule has 0 saturated heterocycles. The van der Waals surface area contributed by atoms with Crippen LogP contribution in [0.25, 0.3) is 0 Å². The number of carbonyl (C=O) groups is 2. The number of nitrogens with zero attached hydrogens (tertiary/aromatic N) is 1. The topological polar surface area (TPSA) is 110 Å². The van der Waals surface area contributed by atoms with E-state index in [1.165, 1.54) is 18.2 Å². The smallest absolute Gasteiger partial charge is 0.303 e. The first-order valence-corrected chi connectivity index (χ1v) is 6.89. The SMILES string of the molecule is CC(C)(CCC(=O)O)NC(=O)c1cc(Br)cc([N+](=O)[O-])c1. The molecular formula is C13H15BrN2O5. The van der Waals surface area contributed by atoms with Gasteiger partial charge in [-0.05, 0) is 26.3 Å². The van der Waals surface area contributed by atoms with Gasteiger partial charge in [0.25, 0.3) is 11.6 Å². The van der Waals surface area contributed by atoms with E-state index in [1.807, 2.05) is 0 Å². The number of non-ortho nitro benzene ring substituents is 1. The van der Waals surface area contributed by atoms with Crippen molar-refractivity contribution in [3.05, 3.63) is 38.3 Å². The second kappa shape index (κ2) is 6.66. The van der Waals surface area contributed by atoms with Crippen LogP contribution in [0.4, 0.5) is 5.69 Å². The molecule has 0 spiro atoms. The third kappa shape index (κ3) is 5.50. The lowest BCUT2D eigenvalue weighted by Gasteiger charge is -2.25. The summed E-state index contributed by atoms with van der Waals surface area (Å²) < 4.78 is 0.421. The predicted octanol–water partition coefficient (Wildman–Crippen LogP) is 2.73. The fourth-order valence-corrected chi connectivity index (χ4v) is 2.15. The van der Waals surface area contributed by atoms with Crippen LogP contribution >= 0.6 is 15.9 Å². The molecule has 0 unspecified atom stereocenters. The van der Waals surface area contributed by atoms with Crippen molar-refractivity contribution in [2.24, 2.45) is 0 Å². The van der Waals surface area contributed by atoms with Gasteiger partial charge in [0.2, 0.25) is 0 Å². The Morgan fingerprint density at radius 3 is 2.52 bits per heavy atom. The molecule has 0 saturated carbocycles. The molecule has 1 aromatic carbocycles. The molecule has 114 valence electrons. The molecule has 0 aliphatic rings. The largest absolute Gasteiger partial charge is 0.481 e. The minimum Gasteiger partial charge on any atom is -0.481 e. The highest BCUT2D eigenvalue weighted by Crippen LogP contribution is 2.22. The highest BCUT2D eigenvalue weighted by atomic mass is 79.9. The van der Waals surface area contributed by atoms with Crippen molar-refractivity contribution >= 4 is 33.5 Å². The summed E-state index contributed by atoms with van der Waals surface area (Å²) >= 11 is 3.12. The predicted molar refractivity (Wildman–Crippen MR) is 79.2 cm³/mol. The monoisotopic (exact) mass is 358 g/mol. The number of carboxylic acids is 1. The number of nitro benzene ring substituents is 1. The Balaban J connectivity index is 2.88. The first kappa shape index (κ1) is 17.1. The summed E-state index contributed by atoms with van der Waals surface area (Å²) in [5, 5.41) is 22.1. The third-order valence-electron chi connectivity index (χ3n) is 2.77. The van der Waals surface area contributed by atoms with E-state index in [2.05, 4.69) is 21.2 Å². The van der Waals surface area contributed by atoms with E-state index >= 15 is 0 Å². The van der Waals surface area contributed by atoms with Crippen LogP contribution in [0.3, 0.4) is 0 Å². The van der Waals surface area contributed by atoms with E-state index < -0.39 is 22.3 Å². The molecule has 0 aliphatic heterocycles. The number of hydrogen-bond acceptors (Lipinski definition) is 4. The molecule has 2 N–H and O–H groups in total. The van der Waals surface area contributed by atoms with Crippen molar-refractivity contribution in [2.75, 3.05) is 0 Å². The molecular weight excluding hydrogens is 344 g/mol. The maximum absolute atomic E-state index is 12.1. The highest BCUT2D eigenvalue weighted by Gasteiger charge is 2.23. The van der Waals surface area contributed by atoms with E-state index in [1.54, 1.807) is 13.8 Å². The number of nitrogens with one attached hydrogen (secondary N) is 1. The second-order valence-electron chi connectivity index (χ2n) is 5.19. The Labute approximate surface area is 129 Å². The summed E-state index contributed by atoms with van der Waals surface area (Å²) in [6, 6.07) is 3.94. The molecule has 0 fully saturated rings. The Morgan fingerprint density at radius 2 is 2.00 bits per heavy atom. The van der Waals surface area contributed by atoms with Gasteiger partial charge in [-0.2, -0.15) is 0 Å². The van der Waals surface area contributed by atoms with Crippen LogP contribution in [0.15, 0.2) is 22.7 Å². The fourth-order valence-electron chi connectivity index (χ4n) is 1.67. The molecule has 8 heteroatoms. The van der Waals surface area contributed by atoms with E-state index in [0.717, 1.165) is 0 Å². The van der Waals surface area contributed by atoms with Crippen LogP contribution in [0, 0.1) is 10.1 Å². The van der Waals surface area contributed by atoms with Crippen molar-refractivity contribution in [3.63, 3.8) is 0 Å². The van der Waals surface area contributed by atoms with Gasteiger partial charge in [0.05, 0.1) is 4.92 Å². The van der Waals surface area contributed by atoms with E-state index in [-0.39, 0.29) is 24.1 Å². The molecule has 0 atom stereocenters. The first-order chi connectivity index (χ1) is 9.60. The molecule has 21 heavy (non-hydrogen) atoms. The zero-order chi connectivity index (χ0) is 16.2. The zero-order valence-electron chi connectivity index (χ0n) is 11.6. The number of aliphatic carboxylic acids is 1. The molecule has 1 rings (SSSR count). The first-order valence-electron chi connectivity index (χ1n) is 6.10. The number of rotatable bonds is 6. The van der Waals surface area contributed by atoms with Crippen LogP contribution in [0.2, 0.25) is 0 Å². The molecule has 0 aromatic heterocycles. The average molecular weight is 359 g/mol. The van der Waals surface area contributed by atoms with Gasteiger partial charge in [-0.1, -0.05) is 15.9 Å². The average Bonchev–Trinajstić information content (AvgIpc) is 2.35. The minimum absolute atomic E-state index is 0.0775.